The van der Waals surface area contributed by atoms with Crippen LogP contribution in [0.3, 0.4) is 0 Å². The van der Waals surface area contributed by atoms with Gasteiger partial charge in [-0.1, -0.05) is 83.2 Å². The number of benzene rings is 2. The second-order valence-corrected chi connectivity index (χ2v) is 14.3. The SMILES string of the molecule is C[Si](C)(C)C(SSc1ccc(Cl)cc1)c1ccccc1. The van der Waals surface area contributed by atoms with Crippen LogP contribution in [0.4, 0.5) is 0 Å². The lowest BCUT2D eigenvalue weighted by atomic mass is 10.2. The van der Waals surface area contributed by atoms with Gasteiger partial charge in [-0.25, -0.2) is 0 Å². The largest absolute Gasteiger partial charge is 0.0843 e. The third-order valence-electron chi connectivity index (χ3n) is 2.94. The van der Waals surface area contributed by atoms with Gasteiger partial charge in [-0.15, -0.1) is 0 Å². The topological polar surface area (TPSA) is 0 Å². The third kappa shape index (κ3) is 4.59. The average molecular weight is 339 g/mol. The van der Waals surface area contributed by atoms with Gasteiger partial charge in [-0.2, -0.15) is 0 Å². The van der Waals surface area contributed by atoms with Gasteiger partial charge in [-0.05, 0) is 29.8 Å². The highest BCUT2D eigenvalue weighted by atomic mass is 35.5. The first-order valence-electron chi connectivity index (χ1n) is 6.60. The molecule has 0 bridgehead atoms. The fourth-order valence-corrected chi connectivity index (χ4v) is 9.44. The minimum Gasteiger partial charge on any atom is -0.0843 e. The summed E-state index contributed by atoms with van der Waals surface area (Å²) in [6.07, 6.45) is 0. The first kappa shape index (κ1) is 16.0. The Hall–Kier alpha value is -0.353. The molecule has 0 aromatic heterocycles. The van der Waals surface area contributed by atoms with E-state index in [0.29, 0.717) is 4.87 Å². The average Bonchev–Trinajstić information content (AvgIpc) is 2.41. The summed E-state index contributed by atoms with van der Waals surface area (Å²) in [7, 11) is 2.55. The number of hydrogen-bond acceptors (Lipinski definition) is 2. The highest BCUT2D eigenvalue weighted by Crippen LogP contribution is 2.47. The molecule has 0 radical (unpaired) electrons. The summed E-state index contributed by atoms with van der Waals surface area (Å²) in [5.41, 5.74) is 1.44. The predicted octanol–water partition coefficient (Wildman–Crippen LogP) is 6.70. The standard InChI is InChI=1S/C16H19ClS2Si/c1-20(2,3)16(13-7-5-4-6-8-13)19-18-15-11-9-14(17)10-12-15/h4-12,16H,1-3H3. The van der Waals surface area contributed by atoms with E-state index in [-0.39, 0.29) is 0 Å². The quantitative estimate of drug-likeness (QED) is 0.439. The zero-order valence-electron chi connectivity index (χ0n) is 12.0. The Morgan fingerprint density at radius 2 is 1.50 bits per heavy atom. The second kappa shape index (κ2) is 7.08. The molecular weight excluding hydrogens is 320 g/mol. The Labute approximate surface area is 135 Å². The normalized spacial score (nSPS) is 13.2. The Morgan fingerprint density at radius 1 is 0.900 bits per heavy atom. The van der Waals surface area contributed by atoms with Gasteiger partial charge < -0.3 is 0 Å². The lowest BCUT2D eigenvalue weighted by Gasteiger charge is -2.28. The highest BCUT2D eigenvalue weighted by molar-refractivity contribution is 8.77. The zero-order valence-corrected chi connectivity index (χ0v) is 15.4. The Morgan fingerprint density at radius 3 is 2.05 bits per heavy atom. The van der Waals surface area contributed by atoms with E-state index in [9.17, 15) is 0 Å². The van der Waals surface area contributed by atoms with Crippen LogP contribution in [-0.4, -0.2) is 8.07 Å². The Bertz CT molecular complexity index is 535. The molecule has 20 heavy (non-hydrogen) atoms. The van der Waals surface area contributed by atoms with Crippen molar-refractivity contribution in [3.63, 3.8) is 0 Å². The molecule has 0 fully saturated rings. The molecule has 0 aliphatic carbocycles. The van der Waals surface area contributed by atoms with Crippen LogP contribution in [-0.2, 0) is 0 Å². The summed E-state index contributed by atoms with van der Waals surface area (Å²) in [4.78, 5) is 1.85. The van der Waals surface area contributed by atoms with Crippen molar-refractivity contribution >= 4 is 41.3 Å². The molecule has 0 heterocycles. The van der Waals surface area contributed by atoms with E-state index < -0.39 is 8.07 Å². The zero-order chi connectivity index (χ0) is 14.6. The third-order valence-corrected chi connectivity index (χ3v) is 10.6. The van der Waals surface area contributed by atoms with Crippen LogP contribution in [0.15, 0.2) is 59.5 Å². The van der Waals surface area contributed by atoms with Crippen molar-refractivity contribution in [3.05, 3.63) is 65.2 Å². The lowest BCUT2D eigenvalue weighted by Crippen LogP contribution is -2.28. The van der Waals surface area contributed by atoms with Crippen molar-refractivity contribution in [1.82, 2.24) is 0 Å². The van der Waals surface area contributed by atoms with Crippen molar-refractivity contribution in [1.29, 1.82) is 0 Å². The number of rotatable bonds is 5. The summed E-state index contributed by atoms with van der Waals surface area (Å²) in [5.74, 6) is 0. The molecule has 2 aromatic rings. The van der Waals surface area contributed by atoms with Crippen LogP contribution in [0, 0.1) is 0 Å². The van der Waals surface area contributed by atoms with Crippen molar-refractivity contribution < 1.29 is 0 Å². The van der Waals surface area contributed by atoms with E-state index in [2.05, 4.69) is 62.1 Å². The van der Waals surface area contributed by atoms with Gasteiger partial charge in [0.25, 0.3) is 0 Å². The highest BCUT2D eigenvalue weighted by Gasteiger charge is 2.29. The first-order valence-corrected chi connectivity index (χ1v) is 12.8. The van der Waals surface area contributed by atoms with E-state index >= 15 is 0 Å². The maximum Gasteiger partial charge on any atom is 0.0654 e. The molecule has 106 valence electrons. The van der Waals surface area contributed by atoms with E-state index in [1.807, 2.05) is 33.7 Å². The van der Waals surface area contributed by atoms with Gasteiger partial charge in [0.1, 0.15) is 0 Å². The fraction of sp³-hybridized carbons (Fsp3) is 0.250. The predicted molar refractivity (Wildman–Crippen MR) is 97.4 cm³/mol. The van der Waals surface area contributed by atoms with Crippen LogP contribution in [0.2, 0.25) is 24.7 Å². The molecule has 0 spiro atoms. The summed E-state index contributed by atoms with van der Waals surface area (Å²) in [6, 6.07) is 18.9. The minimum absolute atomic E-state index is 0.587. The smallest absolute Gasteiger partial charge is 0.0654 e. The van der Waals surface area contributed by atoms with Gasteiger partial charge in [0, 0.05) is 14.8 Å². The number of hydrogen-bond donors (Lipinski definition) is 0. The molecule has 1 unspecified atom stereocenters. The molecule has 2 aromatic carbocycles. The molecule has 0 amide bonds. The van der Waals surface area contributed by atoms with Crippen LogP contribution in [0.1, 0.15) is 10.4 Å². The van der Waals surface area contributed by atoms with Crippen molar-refractivity contribution in [2.24, 2.45) is 0 Å². The van der Waals surface area contributed by atoms with Crippen LogP contribution < -0.4 is 0 Å². The van der Waals surface area contributed by atoms with E-state index in [1.165, 1.54) is 10.5 Å². The molecule has 0 aliphatic heterocycles. The summed E-state index contributed by atoms with van der Waals surface area (Å²) in [5, 5.41) is 0.796. The Kier molecular flexibility index (Phi) is 5.67. The van der Waals surface area contributed by atoms with E-state index in [4.69, 9.17) is 11.6 Å². The fourth-order valence-electron chi connectivity index (χ4n) is 1.92. The summed E-state index contributed by atoms with van der Waals surface area (Å²) < 4.78 is 0. The van der Waals surface area contributed by atoms with Gasteiger partial charge >= 0.3 is 0 Å². The molecule has 4 heteroatoms. The molecular formula is C16H19ClS2Si. The van der Waals surface area contributed by atoms with Gasteiger partial charge in [-0.3, -0.25) is 0 Å². The monoisotopic (exact) mass is 338 g/mol. The van der Waals surface area contributed by atoms with Crippen LogP contribution in [0.25, 0.3) is 0 Å². The first-order chi connectivity index (χ1) is 9.47. The lowest BCUT2D eigenvalue weighted by molar-refractivity contribution is 1.28. The molecule has 0 N–H and O–H groups in total. The Balaban J connectivity index is 2.11. The van der Waals surface area contributed by atoms with Crippen molar-refractivity contribution in [2.75, 3.05) is 0 Å². The summed E-state index contributed by atoms with van der Waals surface area (Å²) >= 11 is 5.93. The molecule has 1 atom stereocenters. The van der Waals surface area contributed by atoms with Crippen molar-refractivity contribution in [2.45, 2.75) is 29.4 Å². The number of halogens is 1. The molecule has 0 saturated heterocycles. The van der Waals surface area contributed by atoms with Gasteiger partial charge in [0.15, 0.2) is 0 Å². The second-order valence-electron chi connectivity index (χ2n) is 5.79. The van der Waals surface area contributed by atoms with Gasteiger partial charge in [0.2, 0.25) is 0 Å². The summed E-state index contributed by atoms with van der Waals surface area (Å²) in [6.45, 7) is 7.29. The maximum absolute atomic E-state index is 5.93. The van der Waals surface area contributed by atoms with Crippen LogP contribution >= 0.6 is 33.2 Å². The maximum atomic E-state index is 5.93. The van der Waals surface area contributed by atoms with Crippen LogP contribution in [0.5, 0.6) is 0 Å². The van der Waals surface area contributed by atoms with Crippen molar-refractivity contribution in [3.8, 4) is 0 Å². The van der Waals surface area contributed by atoms with E-state index in [1.54, 1.807) is 0 Å². The minimum atomic E-state index is -1.28. The molecule has 0 aliphatic rings. The molecule has 0 saturated carbocycles. The van der Waals surface area contributed by atoms with Gasteiger partial charge in [0.05, 0.1) is 8.07 Å². The van der Waals surface area contributed by atoms with E-state index in [0.717, 1.165) is 5.02 Å². The molecule has 2 rings (SSSR count). The molecule has 0 nitrogen and oxygen atoms in total.